The third kappa shape index (κ3) is 4.58. The Morgan fingerprint density at radius 2 is 1.70 bits per heavy atom. The first-order valence-corrected chi connectivity index (χ1v) is 12.7. The maximum Gasteiger partial charge on any atom is 0.240 e. The summed E-state index contributed by atoms with van der Waals surface area (Å²) in [6.45, 7) is 8.16. The molecule has 0 radical (unpaired) electrons. The Balaban J connectivity index is 1.31. The molecule has 1 amide bonds. The summed E-state index contributed by atoms with van der Waals surface area (Å²) in [4.78, 5) is 18.9. The second-order valence-electron chi connectivity index (χ2n) is 9.09. The van der Waals surface area contributed by atoms with Gasteiger partial charge in [-0.25, -0.2) is 13.1 Å². The van der Waals surface area contributed by atoms with E-state index in [1.54, 1.807) is 37.3 Å². The van der Waals surface area contributed by atoms with Crippen LogP contribution in [-0.2, 0) is 20.2 Å². The van der Waals surface area contributed by atoms with Crippen LogP contribution in [0.2, 0.25) is 0 Å². The lowest BCUT2D eigenvalue weighted by Gasteiger charge is -2.36. The van der Waals surface area contributed by atoms with Crippen LogP contribution in [0.3, 0.4) is 0 Å². The van der Waals surface area contributed by atoms with E-state index in [-0.39, 0.29) is 10.8 Å². The van der Waals surface area contributed by atoms with Crippen LogP contribution < -0.4 is 19.3 Å². The summed E-state index contributed by atoms with van der Waals surface area (Å²) in [6, 6.07) is 13.0. The molecule has 1 N–H and O–H groups in total. The number of hydrogen-bond acceptors (Lipinski definition) is 6. The van der Waals surface area contributed by atoms with Crippen LogP contribution in [0.5, 0.6) is 5.75 Å². The van der Waals surface area contributed by atoms with E-state index in [1.165, 1.54) is 5.69 Å². The molecule has 9 heteroatoms. The molecule has 0 spiro atoms. The minimum Gasteiger partial charge on any atom is -0.497 e. The van der Waals surface area contributed by atoms with E-state index in [4.69, 9.17) is 4.74 Å². The molecule has 2 aromatic rings. The van der Waals surface area contributed by atoms with Crippen LogP contribution in [0.25, 0.3) is 0 Å². The van der Waals surface area contributed by atoms with Crippen molar-refractivity contribution in [1.82, 2.24) is 9.62 Å². The molecule has 1 saturated heterocycles. The first kappa shape index (κ1) is 23.5. The molecule has 33 heavy (non-hydrogen) atoms. The number of carbonyl (C=O) groups excluding carboxylic acids is 1. The quantitative estimate of drug-likeness (QED) is 0.664. The number of nitrogens with one attached hydrogen (secondary N) is 1. The van der Waals surface area contributed by atoms with Gasteiger partial charge in [-0.3, -0.25) is 9.69 Å². The van der Waals surface area contributed by atoms with E-state index in [2.05, 4.69) is 26.7 Å². The Morgan fingerprint density at radius 3 is 2.33 bits per heavy atom. The molecule has 2 aliphatic rings. The molecule has 0 aliphatic carbocycles. The van der Waals surface area contributed by atoms with Crippen LogP contribution in [0.15, 0.2) is 47.4 Å². The molecule has 0 saturated carbocycles. The monoisotopic (exact) mass is 472 g/mol. The number of piperazine rings is 1. The van der Waals surface area contributed by atoms with Crippen molar-refractivity contribution in [3.63, 3.8) is 0 Å². The maximum absolute atomic E-state index is 12.9. The molecule has 1 fully saturated rings. The molecule has 0 bridgehead atoms. The van der Waals surface area contributed by atoms with Gasteiger partial charge in [-0.2, -0.15) is 0 Å². The van der Waals surface area contributed by atoms with E-state index in [1.807, 2.05) is 26.0 Å². The van der Waals surface area contributed by atoms with Crippen molar-refractivity contribution in [3.8, 4) is 5.75 Å². The van der Waals surface area contributed by atoms with Gasteiger partial charge in [0.15, 0.2) is 0 Å². The minimum atomic E-state index is -3.66. The highest BCUT2D eigenvalue weighted by molar-refractivity contribution is 7.89. The van der Waals surface area contributed by atoms with Crippen molar-refractivity contribution in [2.75, 3.05) is 63.2 Å². The Labute approximate surface area is 196 Å². The highest BCUT2D eigenvalue weighted by Gasteiger charge is 2.42. The average Bonchev–Trinajstić information content (AvgIpc) is 2.99. The number of benzene rings is 2. The van der Waals surface area contributed by atoms with Crippen molar-refractivity contribution in [2.45, 2.75) is 24.2 Å². The van der Waals surface area contributed by atoms with Gasteiger partial charge in [-0.1, -0.05) is 0 Å². The zero-order valence-corrected chi connectivity index (χ0v) is 20.5. The maximum atomic E-state index is 12.9. The van der Waals surface area contributed by atoms with Crippen molar-refractivity contribution in [1.29, 1.82) is 0 Å². The summed E-state index contributed by atoms with van der Waals surface area (Å²) in [7, 11) is -0.279. The number of ether oxygens (including phenoxy) is 1. The highest BCUT2D eigenvalue weighted by atomic mass is 32.2. The van der Waals surface area contributed by atoms with Crippen LogP contribution in [0.4, 0.5) is 11.4 Å². The number of fused-ring (bicyclic) bond motifs is 1. The second-order valence-corrected chi connectivity index (χ2v) is 10.9. The number of methoxy groups -OCH3 is 1. The van der Waals surface area contributed by atoms with E-state index < -0.39 is 15.4 Å². The van der Waals surface area contributed by atoms with Gasteiger partial charge < -0.3 is 14.5 Å². The topological polar surface area (TPSA) is 82.2 Å². The number of likely N-dealkylation sites (N-methyl/N-ethyl adjacent to an activating group) is 1. The Hall–Kier alpha value is -2.62. The SMILES string of the molecule is COc1ccc(N2CCN(CCNS(=O)(=O)c3ccc4c(c3)C(C)(C)C(=O)N4C)CC2)cc1. The molecular weight excluding hydrogens is 440 g/mol. The summed E-state index contributed by atoms with van der Waals surface area (Å²) >= 11 is 0. The molecule has 8 nitrogen and oxygen atoms in total. The van der Waals surface area contributed by atoms with E-state index in [0.29, 0.717) is 13.1 Å². The summed E-state index contributed by atoms with van der Waals surface area (Å²) in [5.41, 5.74) is 1.94. The number of hydrogen-bond donors (Lipinski definition) is 1. The summed E-state index contributed by atoms with van der Waals surface area (Å²) < 4.78 is 33.7. The van der Waals surface area contributed by atoms with Crippen LogP contribution in [-0.4, -0.2) is 72.7 Å². The third-order valence-electron chi connectivity index (χ3n) is 6.68. The van der Waals surface area contributed by atoms with E-state index in [9.17, 15) is 13.2 Å². The summed E-state index contributed by atoms with van der Waals surface area (Å²) in [5, 5.41) is 0. The zero-order valence-electron chi connectivity index (χ0n) is 19.7. The van der Waals surface area contributed by atoms with Crippen molar-refractivity contribution >= 4 is 27.3 Å². The summed E-state index contributed by atoms with van der Waals surface area (Å²) in [5.74, 6) is 0.809. The van der Waals surface area contributed by atoms with Crippen LogP contribution in [0, 0.1) is 0 Å². The van der Waals surface area contributed by atoms with Gasteiger partial charge in [0, 0.05) is 57.7 Å². The largest absolute Gasteiger partial charge is 0.497 e. The lowest BCUT2D eigenvalue weighted by Crippen LogP contribution is -2.48. The van der Waals surface area contributed by atoms with Gasteiger partial charge in [-0.15, -0.1) is 0 Å². The molecule has 0 unspecified atom stereocenters. The second kappa shape index (κ2) is 8.96. The first-order chi connectivity index (χ1) is 15.6. The van der Waals surface area contributed by atoms with Gasteiger partial charge in [0.2, 0.25) is 15.9 Å². The average molecular weight is 473 g/mol. The Morgan fingerprint density at radius 1 is 1.03 bits per heavy atom. The number of amides is 1. The van der Waals surface area contributed by atoms with Gasteiger partial charge in [-0.05, 0) is 61.9 Å². The van der Waals surface area contributed by atoms with Crippen LogP contribution in [0.1, 0.15) is 19.4 Å². The smallest absolute Gasteiger partial charge is 0.240 e. The molecular formula is C24H32N4O4S. The first-order valence-electron chi connectivity index (χ1n) is 11.2. The zero-order chi connectivity index (χ0) is 23.8. The predicted molar refractivity (Wildman–Crippen MR) is 130 cm³/mol. The third-order valence-corrected chi connectivity index (χ3v) is 8.14. The number of rotatable bonds is 7. The highest BCUT2D eigenvalue weighted by Crippen LogP contribution is 2.41. The molecule has 4 rings (SSSR count). The molecule has 2 heterocycles. The van der Waals surface area contributed by atoms with Crippen molar-refractivity contribution in [2.24, 2.45) is 0 Å². The van der Waals surface area contributed by atoms with Crippen molar-refractivity contribution < 1.29 is 17.9 Å². The van der Waals surface area contributed by atoms with E-state index >= 15 is 0 Å². The lowest BCUT2D eigenvalue weighted by atomic mass is 9.86. The Kier molecular flexibility index (Phi) is 6.39. The number of sulfonamides is 1. The van der Waals surface area contributed by atoms with Crippen molar-refractivity contribution in [3.05, 3.63) is 48.0 Å². The fourth-order valence-corrected chi connectivity index (χ4v) is 5.61. The molecule has 0 aromatic heterocycles. The predicted octanol–water partition coefficient (Wildman–Crippen LogP) is 2.05. The lowest BCUT2D eigenvalue weighted by molar-refractivity contribution is -0.121. The normalized spacial score (nSPS) is 18.5. The summed E-state index contributed by atoms with van der Waals surface area (Å²) in [6.07, 6.45) is 0. The minimum absolute atomic E-state index is 0.0335. The standard InChI is InChI=1S/C24H32N4O4S/c1-24(2)21-17-20(9-10-22(21)26(3)23(24)29)33(30,31)25-11-12-27-13-15-28(16-14-27)18-5-7-19(32-4)8-6-18/h5-10,17,25H,11-16H2,1-4H3. The van der Waals surface area contributed by atoms with Gasteiger partial charge >= 0.3 is 0 Å². The molecule has 2 aliphatic heterocycles. The molecule has 0 atom stereocenters. The Bertz CT molecular complexity index is 1120. The fourth-order valence-electron chi connectivity index (χ4n) is 4.56. The number of carbonyl (C=O) groups is 1. The van der Waals surface area contributed by atoms with Crippen LogP contribution >= 0.6 is 0 Å². The number of nitrogens with zero attached hydrogens (tertiary/aromatic N) is 3. The number of anilines is 2. The fraction of sp³-hybridized carbons (Fsp3) is 0.458. The molecule has 2 aromatic carbocycles. The van der Waals surface area contributed by atoms with Gasteiger partial charge in [0.05, 0.1) is 17.4 Å². The molecule has 178 valence electrons. The van der Waals surface area contributed by atoms with Gasteiger partial charge in [0.25, 0.3) is 0 Å². The van der Waals surface area contributed by atoms with Gasteiger partial charge in [0.1, 0.15) is 5.75 Å². The van der Waals surface area contributed by atoms with E-state index in [0.717, 1.165) is 43.2 Å².